The van der Waals surface area contributed by atoms with Crippen molar-refractivity contribution < 1.29 is 23.1 Å². The Morgan fingerprint density at radius 3 is 2.42 bits per heavy atom. The van der Waals surface area contributed by atoms with Crippen molar-refractivity contribution in [3.05, 3.63) is 29.6 Å². The molecule has 168 valence electrons. The van der Waals surface area contributed by atoms with Gasteiger partial charge in [-0.15, -0.1) is 0 Å². The minimum absolute atomic E-state index is 0.0357. The van der Waals surface area contributed by atoms with Crippen LogP contribution in [0.15, 0.2) is 18.3 Å². The Bertz CT molecular complexity index is 1020. The van der Waals surface area contributed by atoms with Gasteiger partial charge >= 0.3 is 6.18 Å². The lowest BCUT2D eigenvalue weighted by atomic mass is 9.64. The van der Waals surface area contributed by atoms with Crippen LogP contribution in [0.1, 0.15) is 62.6 Å². The maximum atomic E-state index is 13.2. The Morgan fingerprint density at radius 2 is 1.84 bits per heavy atom. The predicted octanol–water partition coefficient (Wildman–Crippen LogP) is 4.24. The van der Waals surface area contributed by atoms with Gasteiger partial charge in [0.05, 0.1) is 11.2 Å². The predicted molar refractivity (Wildman–Crippen MR) is 109 cm³/mol. The van der Waals surface area contributed by atoms with Gasteiger partial charge in [-0.05, 0) is 57.6 Å². The molecule has 2 aromatic heterocycles. The van der Waals surface area contributed by atoms with E-state index in [-0.39, 0.29) is 28.5 Å². The number of aliphatic hydroxyl groups is 1. The fourth-order valence-electron chi connectivity index (χ4n) is 5.92. The second kappa shape index (κ2) is 6.70. The number of nitrogens with zero attached hydrogens (tertiary/aromatic N) is 3. The normalized spacial score (nSPS) is 28.6. The average Bonchev–Trinajstić information content (AvgIpc) is 3.00. The lowest BCUT2D eigenvalue weighted by Crippen LogP contribution is -2.62. The second-order valence-corrected chi connectivity index (χ2v) is 10.3. The number of halogens is 3. The van der Waals surface area contributed by atoms with Crippen molar-refractivity contribution in [2.75, 3.05) is 13.1 Å². The highest BCUT2D eigenvalue weighted by molar-refractivity contribution is 5.82. The van der Waals surface area contributed by atoms with E-state index in [4.69, 9.17) is 0 Å². The molecule has 0 aromatic carbocycles. The molecule has 1 N–H and O–H groups in total. The largest absolute Gasteiger partial charge is 0.418 e. The number of aromatic nitrogens is 2. The molecule has 0 atom stereocenters. The molecule has 1 amide bonds. The van der Waals surface area contributed by atoms with Crippen LogP contribution >= 0.6 is 0 Å². The molecule has 8 heteroatoms. The first-order valence-corrected chi connectivity index (χ1v) is 11.0. The summed E-state index contributed by atoms with van der Waals surface area (Å²) < 4.78 is 41.2. The third kappa shape index (κ3) is 3.52. The Kier molecular flexibility index (Phi) is 4.50. The number of likely N-dealkylation sites (tertiary alicyclic amines) is 1. The quantitative estimate of drug-likeness (QED) is 0.768. The van der Waals surface area contributed by atoms with Gasteiger partial charge in [-0.2, -0.15) is 13.2 Å². The van der Waals surface area contributed by atoms with Gasteiger partial charge in [-0.25, -0.2) is 4.98 Å². The molecule has 1 aliphatic heterocycles. The number of carbonyl (C=O) groups excluding carboxylic acids is 1. The zero-order valence-electron chi connectivity index (χ0n) is 17.9. The summed E-state index contributed by atoms with van der Waals surface area (Å²) in [7, 11) is 1.60. The van der Waals surface area contributed by atoms with Gasteiger partial charge in [0.1, 0.15) is 5.65 Å². The molecule has 5 nitrogen and oxygen atoms in total. The van der Waals surface area contributed by atoms with Crippen LogP contribution in [0.4, 0.5) is 13.2 Å². The molecule has 0 unspecified atom stereocenters. The number of hydrogen-bond acceptors (Lipinski definition) is 3. The molecular weight excluding hydrogens is 407 g/mol. The maximum Gasteiger partial charge on any atom is 0.418 e. The fourth-order valence-corrected chi connectivity index (χ4v) is 5.92. The Morgan fingerprint density at radius 1 is 1.19 bits per heavy atom. The minimum Gasteiger partial charge on any atom is -0.390 e. The molecule has 2 aliphatic carbocycles. The second-order valence-electron chi connectivity index (χ2n) is 10.3. The van der Waals surface area contributed by atoms with Crippen LogP contribution in [0.25, 0.3) is 11.0 Å². The highest BCUT2D eigenvalue weighted by atomic mass is 19.4. The summed E-state index contributed by atoms with van der Waals surface area (Å²) in [5.41, 5.74) is 0.0903. The van der Waals surface area contributed by atoms with E-state index < -0.39 is 17.3 Å². The van der Waals surface area contributed by atoms with Crippen molar-refractivity contribution >= 4 is 16.9 Å². The smallest absolute Gasteiger partial charge is 0.390 e. The molecule has 3 fully saturated rings. The Hall–Kier alpha value is -2.09. The van der Waals surface area contributed by atoms with Crippen molar-refractivity contribution in [2.45, 2.75) is 63.1 Å². The van der Waals surface area contributed by atoms with E-state index in [9.17, 15) is 23.1 Å². The van der Waals surface area contributed by atoms with Crippen LogP contribution in [0.5, 0.6) is 0 Å². The van der Waals surface area contributed by atoms with Gasteiger partial charge < -0.3 is 14.6 Å². The van der Waals surface area contributed by atoms with Gasteiger partial charge in [-0.3, -0.25) is 4.79 Å². The molecule has 1 saturated heterocycles. The number of pyridine rings is 1. The monoisotopic (exact) mass is 435 g/mol. The number of fused-ring (bicyclic) bond motifs is 1. The summed E-state index contributed by atoms with van der Waals surface area (Å²) in [4.78, 5) is 19.1. The van der Waals surface area contributed by atoms with Crippen LogP contribution in [0.2, 0.25) is 0 Å². The van der Waals surface area contributed by atoms with E-state index in [1.54, 1.807) is 26.1 Å². The molecular formula is C23H28F3N3O2. The van der Waals surface area contributed by atoms with Crippen molar-refractivity contribution in [1.82, 2.24) is 14.5 Å². The standard InChI is InChI=1S/C23H28F3N3O2/c1-21(31)9-15(10-21)20(30)29-12-22(13-29)7-5-14(6-8-22)18-4-3-16-17(23(24,25)26)11-28(2)19(16)27-18/h3-4,11,14-15,31H,5-10,12-13H2,1-2H3/t15-,21+. The summed E-state index contributed by atoms with van der Waals surface area (Å²) in [6.07, 6.45) is 1.72. The lowest BCUT2D eigenvalue weighted by molar-refractivity contribution is -0.163. The van der Waals surface area contributed by atoms with Crippen LogP contribution in [-0.2, 0) is 18.0 Å². The first-order valence-electron chi connectivity index (χ1n) is 11.0. The number of alkyl halides is 3. The highest BCUT2D eigenvalue weighted by Gasteiger charge is 2.51. The van der Waals surface area contributed by atoms with E-state index in [2.05, 4.69) is 4.98 Å². The molecule has 0 radical (unpaired) electrons. The number of hydrogen-bond donors (Lipinski definition) is 1. The highest BCUT2D eigenvalue weighted by Crippen LogP contribution is 2.50. The number of amides is 1. The number of carbonyl (C=O) groups is 1. The molecule has 3 heterocycles. The molecule has 2 saturated carbocycles. The Labute approximate surface area is 179 Å². The molecule has 1 spiro atoms. The van der Waals surface area contributed by atoms with E-state index >= 15 is 0 Å². The summed E-state index contributed by atoms with van der Waals surface area (Å²) in [5.74, 6) is 0.382. The SMILES string of the molecule is Cn1cc(C(F)(F)F)c2ccc(C3CCC4(CC3)CN(C(=O)[C@H]3C[C@@](C)(O)C3)C4)nc21. The topological polar surface area (TPSA) is 58.4 Å². The van der Waals surface area contributed by atoms with E-state index in [0.29, 0.717) is 18.5 Å². The van der Waals surface area contributed by atoms with Crippen LogP contribution in [0, 0.1) is 11.3 Å². The molecule has 0 bridgehead atoms. The molecule has 2 aromatic rings. The molecule has 3 aliphatic rings. The first kappa shape index (κ1) is 20.8. The van der Waals surface area contributed by atoms with E-state index in [1.165, 1.54) is 4.57 Å². The van der Waals surface area contributed by atoms with Crippen molar-refractivity contribution in [1.29, 1.82) is 0 Å². The zero-order chi connectivity index (χ0) is 22.2. The molecule has 5 rings (SSSR count). The van der Waals surface area contributed by atoms with Gasteiger partial charge in [-0.1, -0.05) is 0 Å². The summed E-state index contributed by atoms with van der Waals surface area (Å²) in [6, 6.07) is 3.31. The number of aryl methyl sites for hydroxylation is 1. The number of rotatable bonds is 2. The third-order valence-electron chi connectivity index (χ3n) is 7.70. The van der Waals surface area contributed by atoms with Gasteiger partial charge in [0.15, 0.2) is 0 Å². The summed E-state index contributed by atoms with van der Waals surface area (Å²) in [5, 5.41) is 10.0. The lowest BCUT2D eigenvalue weighted by Gasteiger charge is -2.55. The van der Waals surface area contributed by atoms with Crippen LogP contribution in [0.3, 0.4) is 0 Å². The Balaban J connectivity index is 1.22. The third-order valence-corrected chi connectivity index (χ3v) is 7.70. The van der Waals surface area contributed by atoms with Gasteiger partial charge in [0.25, 0.3) is 0 Å². The average molecular weight is 435 g/mol. The van der Waals surface area contributed by atoms with Crippen molar-refractivity contribution in [3.8, 4) is 0 Å². The summed E-state index contributed by atoms with van der Waals surface area (Å²) >= 11 is 0. The zero-order valence-corrected chi connectivity index (χ0v) is 17.9. The van der Waals surface area contributed by atoms with Crippen LogP contribution < -0.4 is 0 Å². The van der Waals surface area contributed by atoms with Gasteiger partial charge in [0.2, 0.25) is 5.91 Å². The van der Waals surface area contributed by atoms with E-state index in [1.807, 2.05) is 4.90 Å². The fraction of sp³-hybridized carbons (Fsp3) is 0.652. The summed E-state index contributed by atoms with van der Waals surface area (Å²) in [6.45, 7) is 3.35. The maximum absolute atomic E-state index is 13.2. The van der Waals surface area contributed by atoms with Gasteiger partial charge in [0, 0.05) is 54.7 Å². The van der Waals surface area contributed by atoms with Crippen molar-refractivity contribution in [3.63, 3.8) is 0 Å². The van der Waals surface area contributed by atoms with Crippen molar-refractivity contribution in [2.24, 2.45) is 18.4 Å². The minimum atomic E-state index is -4.39. The van der Waals surface area contributed by atoms with E-state index in [0.717, 1.165) is 50.7 Å². The van der Waals surface area contributed by atoms with Crippen LogP contribution in [-0.4, -0.2) is 44.2 Å². The first-order chi connectivity index (χ1) is 14.5. The molecule has 31 heavy (non-hydrogen) atoms.